The Bertz CT molecular complexity index is 947. The molecular weight excluding hydrogens is 330 g/mol. The molecular formula is C25H30NO. The zero-order chi connectivity index (χ0) is 19.8. The summed E-state index contributed by atoms with van der Waals surface area (Å²) in [6.45, 7) is 13.2. The standard InChI is InChI=1S/C25H30NO/c1-16(2)13-23-21(15-25(4,5)6)24(18-9-7-17(3)8-10-18)20-14-19(27)11-12-22(20)26-23/h7-12,14-16,27H,13H2,1-6H3. The molecule has 0 saturated heterocycles. The summed E-state index contributed by atoms with van der Waals surface area (Å²) in [5.41, 5.74) is 6.86. The lowest BCUT2D eigenvalue weighted by Crippen LogP contribution is -2.13. The first-order chi connectivity index (χ1) is 12.6. The van der Waals surface area contributed by atoms with E-state index in [2.05, 4.69) is 72.2 Å². The molecule has 3 rings (SSSR count). The van der Waals surface area contributed by atoms with Gasteiger partial charge in [0.1, 0.15) is 5.75 Å². The summed E-state index contributed by atoms with van der Waals surface area (Å²) >= 11 is 0. The number of aromatic hydroxyl groups is 1. The van der Waals surface area contributed by atoms with Gasteiger partial charge in [0.05, 0.1) is 5.52 Å². The zero-order valence-corrected chi connectivity index (χ0v) is 17.3. The highest BCUT2D eigenvalue weighted by molar-refractivity contribution is 5.98. The predicted molar refractivity (Wildman–Crippen MR) is 115 cm³/mol. The van der Waals surface area contributed by atoms with E-state index in [1.807, 2.05) is 12.1 Å². The summed E-state index contributed by atoms with van der Waals surface area (Å²) < 4.78 is 0. The highest BCUT2D eigenvalue weighted by Crippen LogP contribution is 2.39. The molecule has 0 aliphatic carbocycles. The van der Waals surface area contributed by atoms with Crippen molar-refractivity contribution in [3.63, 3.8) is 0 Å². The number of aryl methyl sites for hydroxylation is 1. The topological polar surface area (TPSA) is 33.1 Å². The Kier molecular flexibility index (Phi) is 5.28. The molecule has 0 aliphatic rings. The van der Waals surface area contributed by atoms with Crippen LogP contribution in [0.1, 0.15) is 51.4 Å². The van der Waals surface area contributed by atoms with Crippen molar-refractivity contribution in [1.82, 2.24) is 4.98 Å². The Labute approximate surface area is 163 Å². The lowest BCUT2D eigenvalue weighted by Gasteiger charge is -2.24. The van der Waals surface area contributed by atoms with E-state index in [1.54, 1.807) is 6.07 Å². The zero-order valence-electron chi connectivity index (χ0n) is 17.3. The molecule has 3 aromatic rings. The minimum atomic E-state index is 0.0252. The molecule has 2 nitrogen and oxygen atoms in total. The van der Waals surface area contributed by atoms with Crippen molar-refractivity contribution in [1.29, 1.82) is 0 Å². The van der Waals surface area contributed by atoms with Gasteiger partial charge in [-0.05, 0) is 66.0 Å². The number of fused-ring (bicyclic) bond motifs is 1. The summed E-state index contributed by atoms with van der Waals surface area (Å²) in [5.74, 6) is 0.793. The molecule has 1 N–H and O–H groups in total. The molecule has 2 heteroatoms. The molecule has 0 aliphatic heterocycles. The largest absolute Gasteiger partial charge is 0.508 e. The van der Waals surface area contributed by atoms with Crippen LogP contribution in [0.2, 0.25) is 0 Å². The van der Waals surface area contributed by atoms with Gasteiger partial charge in [-0.15, -0.1) is 0 Å². The number of hydrogen-bond donors (Lipinski definition) is 1. The Hall–Kier alpha value is -2.35. The molecule has 1 radical (unpaired) electrons. The van der Waals surface area contributed by atoms with Crippen molar-refractivity contribution >= 4 is 10.9 Å². The number of phenols is 1. The van der Waals surface area contributed by atoms with Crippen LogP contribution in [0.4, 0.5) is 0 Å². The molecule has 1 aromatic heterocycles. The van der Waals surface area contributed by atoms with Crippen molar-refractivity contribution < 1.29 is 5.11 Å². The molecule has 27 heavy (non-hydrogen) atoms. The van der Waals surface area contributed by atoms with Gasteiger partial charge in [0, 0.05) is 11.1 Å². The van der Waals surface area contributed by atoms with E-state index in [-0.39, 0.29) is 11.2 Å². The van der Waals surface area contributed by atoms with Gasteiger partial charge in [-0.1, -0.05) is 64.4 Å². The van der Waals surface area contributed by atoms with Crippen LogP contribution in [0.15, 0.2) is 42.5 Å². The van der Waals surface area contributed by atoms with Crippen molar-refractivity contribution in [2.75, 3.05) is 0 Å². The van der Waals surface area contributed by atoms with Crippen molar-refractivity contribution in [3.8, 4) is 16.9 Å². The number of nitrogens with zero attached hydrogens (tertiary/aromatic N) is 1. The Balaban J connectivity index is 2.39. The lowest BCUT2D eigenvalue weighted by atomic mass is 9.81. The van der Waals surface area contributed by atoms with Crippen molar-refractivity contribution in [3.05, 3.63) is 65.7 Å². The maximum atomic E-state index is 10.1. The van der Waals surface area contributed by atoms with Gasteiger partial charge in [0.25, 0.3) is 0 Å². The summed E-state index contributed by atoms with van der Waals surface area (Å²) in [6.07, 6.45) is 3.26. The van der Waals surface area contributed by atoms with Gasteiger partial charge in [-0.2, -0.15) is 0 Å². The molecule has 1 heterocycles. The first-order valence-electron chi connectivity index (χ1n) is 9.72. The Morgan fingerprint density at radius 1 is 1.04 bits per heavy atom. The maximum absolute atomic E-state index is 10.1. The number of aromatic nitrogens is 1. The van der Waals surface area contributed by atoms with Gasteiger partial charge in [0.15, 0.2) is 0 Å². The first-order valence-corrected chi connectivity index (χ1v) is 9.72. The van der Waals surface area contributed by atoms with Crippen LogP contribution < -0.4 is 0 Å². The molecule has 0 fully saturated rings. The van der Waals surface area contributed by atoms with E-state index in [0.717, 1.165) is 23.0 Å². The fourth-order valence-corrected chi connectivity index (χ4v) is 3.48. The SMILES string of the molecule is Cc1ccc(-c2c([CH]C(C)(C)C)c(CC(C)C)nc3ccc(O)cc23)cc1. The molecule has 0 amide bonds. The van der Waals surface area contributed by atoms with E-state index in [1.165, 1.54) is 22.3 Å². The number of rotatable bonds is 4. The highest BCUT2D eigenvalue weighted by Gasteiger charge is 2.22. The first kappa shape index (κ1) is 19.4. The summed E-state index contributed by atoms with van der Waals surface area (Å²) in [6, 6.07) is 14.1. The molecule has 2 aromatic carbocycles. The van der Waals surface area contributed by atoms with Crippen LogP contribution in [0.5, 0.6) is 5.75 Å². The van der Waals surface area contributed by atoms with Gasteiger partial charge in [0.2, 0.25) is 0 Å². The quantitative estimate of drug-likeness (QED) is 0.560. The van der Waals surface area contributed by atoms with Gasteiger partial charge in [-0.25, -0.2) is 0 Å². The second kappa shape index (κ2) is 7.34. The highest BCUT2D eigenvalue weighted by atomic mass is 16.3. The second-order valence-electron chi connectivity index (χ2n) is 9.02. The minimum absolute atomic E-state index is 0.0252. The summed E-state index contributed by atoms with van der Waals surface area (Å²) in [7, 11) is 0. The van der Waals surface area contributed by atoms with Crippen molar-refractivity contribution in [2.45, 2.75) is 48.0 Å². The average molecular weight is 361 g/mol. The molecule has 0 spiro atoms. The predicted octanol–water partition coefficient (Wildman–Crippen LogP) is 6.71. The lowest BCUT2D eigenvalue weighted by molar-refractivity contribution is 0.476. The van der Waals surface area contributed by atoms with E-state index >= 15 is 0 Å². The normalized spacial score (nSPS) is 12.1. The summed E-state index contributed by atoms with van der Waals surface area (Å²) in [4.78, 5) is 5.00. The summed E-state index contributed by atoms with van der Waals surface area (Å²) in [5, 5.41) is 11.1. The molecule has 0 unspecified atom stereocenters. The fraction of sp³-hybridized carbons (Fsp3) is 0.360. The molecule has 141 valence electrons. The van der Waals surface area contributed by atoms with Crippen LogP contribution in [0.3, 0.4) is 0 Å². The van der Waals surface area contributed by atoms with Gasteiger partial charge < -0.3 is 5.11 Å². The van der Waals surface area contributed by atoms with Crippen LogP contribution in [0, 0.1) is 24.7 Å². The van der Waals surface area contributed by atoms with E-state index in [9.17, 15) is 5.11 Å². The van der Waals surface area contributed by atoms with E-state index in [4.69, 9.17) is 4.98 Å². The number of pyridine rings is 1. The average Bonchev–Trinajstić information content (AvgIpc) is 2.55. The molecule has 0 bridgehead atoms. The van der Waals surface area contributed by atoms with Crippen LogP contribution in [0.25, 0.3) is 22.0 Å². The monoisotopic (exact) mass is 360 g/mol. The third-order valence-corrected chi connectivity index (χ3v) is 4.60. The molecule has 0 atom stereocenters. The maximum Gasteiger partial charge on any atom is 0.116 e. The fourth-order valence-electron chi connectivity index (χ4n) is 3.48. The third kappa shape index (κ3) is 4.50. The van der Waals surface area contributed by atoms with Gasteiger partial charge in [-0.3, -0.25) is 4.98 Å². The van der Waals surface area contributed by atoms with Crippen LogP contribution in [-0.4, -0.2) is 10.1 Å². The smallest absolute Gasteiger partial charge is 0.116 e. The Morgan fingerprint density at radius 3 is 2.30 bits per heavy atom. The van der Waals surface area contributed by atoms with Crippen molar-refractivity contribution in [2.24, 2.45) is 11.3 Å². The Morgan fingerprint density at radius 2 is 1.70 bits per heavy atom. The van der Waals surface area contributed by atoms with Crippen LogP contribution >= 0.6 is 0 Å². The number of hydrogen-bond acceptors (Lipinski definition) is 2. The third-order valence-electron chi connectivity index (χ3n) is 4.60. The second-order valence-corrected chi connectivity index (χ2v) is 9.02. The van der Waals surface area contributed by atoms with Crippen LogP contribution in [-0.2, 0) is 6.42 Å². The van der Waals surface area contributed by atoms with E-state index < -0.39 is 0 Å². The van der Waals surface area contributed by atoms with Gasteiger partial charge >= 0.3 is 0 Å². The minimum Gasteiger partial charge on any atom is -0.508 e. The number of benzene rings is 2. The van der Waals surface area contributed by atoms with E-state index in [0.29, 0.717) is 5.92 Å². The number of phenolic OH excluding ortho intramolecular Hbond substituents is 1. The molecule has 0 saturated carbocycles.